The Bertz CT molecular complexity index is 1200. The van der Waals surface area contributed by atoms with Crippen molar-refractivity contribution >= 4 is 42.8 Å². The average molecular weight is 496 g/mol. The third-order valence-corrected chi connectivity index (χ3v) is 7.26. The number of nitrogens with zero attached hydrogens (tertiary/aromatic N) is 2. The molecule has 1 amide bonds. The van der Waals surface area contributed by atoms with Crippen LogP contribution in [-0.2, 0) is 21.4 Å². The summed E-state index contributed by atoms with van der Waals surface area (Å²) in [7, 11) is -3.93. The van der Waals surface area contributed by atoms with Crippen molar-refractivity contribution in [1.82, 2.24) is 14.6 Å². The number of halogens is 2. The van der Waals surface area contributed by atoms with Gasteiger partial charge in [0.2, 0.25) is 11.0 Å². The van der Waals surface area contributed by atoms with Gasteiger partial charge in [-0.25, -0.2) is 12.8 Å². The molecular formula is C20H19BrFN3O4S. The van der Waals surface area contributed by atoms with Gasteiger partial charge in [-0.2, -0.15) is 4.31 Å². The zero-order valence-corrected chi connectivity index (χ0v) is 18.2. The summed E-state index contributed by atoms with van der Waals surface area (Å²) in [6.07, 6.45) is 4.60. The third-order valence-electron chi connectivity index (χ3n) is 5.01. The van der Waals surface area contributed by atoms with E-state index in [0.29, 0.717) is 36.9 Å². The zero-order chi connectivity index (χ0) is 21.3. The largest absolute Gasteiger partial charge is 0.443 e. The molecule has 0 bridgehead atoms. The molecule has 4 rings (SSSR count). The summed E-state index contributed by atoms with van der Waals surface area (Å²) in [5.41, 5.74) is 1.13. The minimum Gasteiger partial charge on any atom is -0.443 e. The number of carbonyl (C=O) groups is 1. The fourth-order valence-electron chi connectivity index (χ4n) is 3.60. The summed E-state index contributed by atoms with van der Waals surface area (Å²) in [6, 6.07) is 6.55. The van der Waals surface area contributed by atoms with Gasteiger partial charge in [0.1, 0.15) is 11.4 Å². The van der Waals surface area contributed by atoms with Crippen LogP contribution in [0.3, 0.4) is 0 Å². The first kappa shape index (κ1) is 21.0. The van der Waals surface area contributed by atoms with Crippen LogP contribution < -0.4 is 5.32 Å². The van der Waals surface area contributed by atoms with Crippen LogP contribution in [0.15, 0.2) is 56.7 Å². The van der Waals surface area contributed by atoms with Crippen molar-refractivity contribution in [2.45, 2.75) is 36.9 Å². The number of hydrogen-bond acceptors (Lipinski definition) is 5. The van der Waals surface area contributed by atoms with Crippen LogP contribution in [0, 0.1) is 5.82 Å². The molecule has 1 atom stereocenters. The molecule has 1 fully saturated rings. The van der Waals surface area contributed by atoms with Crippen molar-refractivity contribution in [3.63, 3.8) is 0 Å². The highest BCUT2D eigenvalue weighted by atomic mass is 79.9. The monoisotopic (exact) mass is 495 g/mol. The van der Waals surface area contributed by atoms with Crippen molar-refractivity contribution in [2.24, 2.45) is 0 Å². The Kier molecular flexibility index (Phi) is 5.90. The van der Waals surface area contributed by atoms with E-state index in [9.17, 15) is 17.6 Å². The summed E-state index contributed by atoms with van der Waals surface area (Å²) < 4.78 is 47.2. The van der Waals surface area contributed by atoms with E-state index < -0.39 is 21.9 Å². The van der Waals surface area contributed by atoms with Crippen LogP contribution in [-0.4, -0.2) is 36.2 Å². The van der Waals surface area contributed by atoms with Gasteiger partial charge >= 0.3 is 0 Å². The molecule has 3 aromatic rings. The lowest BCUT2D eigenvalue weighted by atomic mass is 10.1. The molecule has 0 saturated carbocycles. The van der Waals surface area contributed by atoms with E-state index in [-0.39, 0.29) is 17.4 Å². The van der Waals surface area contributed by atoms with Gasteiger partial charge in [-0.15, -0.1) is 0 Å². The number of fused-ring (bicyclic) bond motifs is 1. The maximum absolute atomic E-state index is 13.4. The highest BCUT2D eigenvalue weighted by molar-refractivity contribution is 9.10. The Hall–Kier alpha value is -2.30. The van der Waals surface area contributed by atoms with Gasteiger partial charge in [0.15, 0.2) is 0 Å². The predicted molar refractivity (Wildman–Crippen MR) is 111 cm³/mol. The second-order valence-electron chi connectivity index (χ2n) is 7.15. The van der Waals surface area contributed by atoms with Gasteiger partial charge in [-0.05, 0) is 58.6 Å². The van der Waals surface area contributed by atoms with Crippen molar-refractivity contribution in [3.8, 4) is 0 Å². The third kappa shape index (κ3) is 4.40. The minimum atomic E-state index is -3.93. The molecular weight excluding hydrogens is 477 g/mol. The highest BCUT2D eigenvalue weighted by Gasteiger charge is 2.38. The molecule has 7 nitrogen and oxygen atoms in total. The van der Waals surface area contributed by atoms with E-state index in [0.717, 1.165) is 10.0 Å². The molecule has 158 valence electrons. The summed E-state index contributed by atoms with van der Waals surface area (Å²) in [6.45, 7) is 0.612. The molecule has 1 aromatic carbocycles. The van der Waals surface area contributed by atoms with E-state index in [1.165, 1.54) is 28.6 Å². The van der Waals surface area contributed by atoms with Crippen molar-refractivity contribution in [3.05, 3.63) is 58.6 Å². The van der Waals surface area contributed by atoms with Gasteiger partial charge < -0.3 is 9.73 Å². The molecule has 2 aromatic heterocycles. The number of furan rings is 1. The maximum atomic E-state index is 13.4. The van der Waals surface area contributed by atoms with Crippen LogP contribution in [0.4, 0.5) is 4.39 Å². The smallest absolute Gasteiger partial charge is 0.276 e. The van der Waals surface area contributed by atoms with Gasteiger partial charge in [-0.1, -0.05) is 0 Å². The number of nitrogens with one attached hydrogen (secondary N) is 1. The van der Waals surface area contributed by atoms with E-state index in [1.807, 2.05) is 6.07 Å². The quantitative estimate of drug-likeness (QED) is 0.563. The maximum Gasteiger partial charge on any atom is 0.276 e. The number of sulfonamides is 1. The van der Waals surface area contributed by atoms with Crippen LogP contribution in [0.1, 0.15) is 24.8 Å². The Morgan fingerprint density at radius 2 is 2.13 bits per heavy atom. The van der Waals surface area contributed by atoms with Crippen molar-refractivity contribution < 1.29 is 22.0 Å². The normalized spacial score (nSPS) is 17.5. The lowest BCUT2D eigenvalue weighted by Gasteiger charge is -2.22. The average Bonchev–Trinajstić information content (AvgIpc) is 3.33. The summed E-state index contributed by atoms with van der Waals surface area (Å²) >= 11 is 3.33. The number of hydrogen-bond donors (Lipinski definition) is 1. The summed E-state index contributed by atoms with van der Waals surface area (Å²) in [5.74, 6) is -0.711. The fourth-order valence-corrected chi connectivity index (χ4v) is 5.66. The molecule has 10 heteroatoms. The molecule has 1 N–H and O–H groups in total. The lowest BCUT2D eigenvalue weighted by Crippen LogP contribution is -2.38. The topological polar surface area (TPSA) is 92.5 Å². The Balaban J connectivity index is 1.45. The molecule has 1 aliphatic heterocycles. The fraction of sp³-hybridized carbons (Fsp3) is 0.300. The van der Waals surface area contributed by atoms with E-state index in [1.54, 1.807) is 12.4 Å². The minimum absolute atomic E-state index is 0.0511. The van der Waals surface area contributed by atoms with Crippen LogP contribution >= 0.6 is 15.9 Å². The van der Waals surface area contributed by atoms with E-state index >= 15 is 0 Å². The van der Waals surface area contributed by atoms with Crippen molar-refractivity contribution in [2.75, 3.05) is 6.54 Å². The second kappa shape index (κ2) is 8.44. The number of benzene rings is 1. The van der Waals surface area contributed by atoms with Gasteiger partial charge in [0.25, 0.3) is 10.0 Å². The number of aromatic nitrogens is 1. The molecule has 0 radical (unpaired) electrons. The number of rotatable bonds is 6. The Labute approximate surface area is 181 Å². The summed E-state index contributed by atoms with van der Waals surface area (Å²) in [5, 5.41) is 2.95. The summed E-state index contributed by atoms with van der Waals surface area (Å²) in [4.78, 5) is 16.5. The molecule has 1 saturated heterocycles. The van der Waals surface area contributed by atoms with Crippen LogP contribution in [0.25, 0.3) is 11.0 Å². The lowest BCUT2D eigenvalue weighted by molar-refractivity contribution is -0.122. The molecule has 1 unspecified atom stereocenters. The second-order valence-corrected chi connectivity index (χ2v) is 9.89. The number of amides is 1. The van der Waals surface area contributed by atoms with Crippen molar-refractivity contribution in [1.29, 1.82) is 0 Å². The van der Waals surface area contributed by atoms with Gasteiger partial charge in [0, 0.05) is 53.9 Å². The van der Waals surface area contributed by atoms with Crippen LogP contribution in [0.2, 0.25) is 0 Å². The highest BCUT2D eigenvalue weighted by Crippen LogP contribution is 2.31. The molecule has 3 heterocycles. The standard InChI is InChI=1S/C20H19BrFN3O4S/c21-15-6-13(10-23-12-15)11-24-19(26)9-17-2-1-5-25(17)30(27,28)20-8-14-7-16(22)3-4-18(14)29-20/h3-4,6-8,10,12,17H,1-2,5,9,11H2,(H,24,26). The first-order valence-electron chi connectivity index (χ1n) is 9.40. The van der Waals surface area contributed by atoms with Crippen LogP contribution in [0.5, 0.6) is 0 Å². The predicted octanol–water partition coefficient (Wildman–Crippen LogP) is 3.59. The SMILES string of the molecule is O=C(CC1CCCN1S(=O)(=O)c1cc2cc(F)ccc2o1)NCc1cncc(Br)c1. The molecule has 0 aliphatic carbocycles. The Morgan fingerprint density at radius 1 is 1.30 bits per heavy atom. The van der Waals surface area contributed by atoms with Gasteiger partial charge in [-0.3, -0.25) is 9.78 Å². The first-order valence-corrected chi connectivity index (χ1v) is 11.6. The Morgan fingerprint density at radius 3 is 2.93 bits per heavy atom. The first-order chi connectivity index (χ1) is 14.3. The zero-order valence-electron chi connectivity index (χ0n) is 15.8. The molecule has 0 spiro atoms. The van der Waals surface area contributed by atoms with E-state index in [4.69, 9.17) is 4.42 Å². The molecule has 1 aliphatic rings. The molecule has 30 heavy (non-hydrogen) atoms. The van der Waals surface area contributed by atoms with E-state index in [2.05, 4.69) is 26.2 Å². The van der Waals surface area contributed by atoms with Gasteiger partial charge in [0.05, 0.1) is 0 Å². The number of pyridine rings is 1. The number of carbonyl (C=O) groups excluding carboxylic acids is 1.